The molecule has 4 N–H and O–H groups in total. The van der Waals surface area contributed by atoms with Crippen LogP contribution in [-0.2, 0) is 19.1 Å². The molecule has 2 aliphatic heterocycles. The average molecular weight is 406 g/mol. The van der Waals surface area contributed by atoms with Gasteiger partial charge < -0.3 is 30.3 Å². The molecular weight excluding hydrogens is 384 g/mol. The molecule has 2 aromatic rings. The fourth-order valence-electron chi connectivity index (χ4n) is 3.88. The van der Waals surface area contributed by atoms with Gasteiger partial charge in [0.15, 0.2) is 23.8 Å². The molecule has 2 aromatic heterocycles. The maximum absolute atomic E-state index is 12.8. The third kappa shape index (κ3) is 3.28. The van der Waals surface area contributed by atoms with Crippen LogP contribution in [0, 0.1) is 0 Å². The summed E-state index contributed by atoms with van der Waals surface area (Å²) in [5.41, 5.74) is 6.48. The summed E-state index contributed by atoms with van der Waals surface area (Å²) in [6.45, 7) is 1.40. The largest absolute Gasteiger partial charge is 0.453 e. The third-order valence-corrected chi connectivity index (χ3v) is 5.34. The van der Waals surface area contributed by atoms with E-state index in [4.69, 9.17) is 15.2 Å². The van der Waals surface area contributed by atoms with Crippen molar-refractivity contribution in [1.29, 1.82) is 0 Å². The van der Waals surface area contributed by atoms with Crippen molar-refractivity contribution in [2.24, 2.45) is 0 Å². The van der Waals surface area contributed by atoms with E-state index in [2.05, 4.69) is 15.0 Å². The zero-order valence-electron chi connectivity index (χ0n) is 15.7. The highest BCUT2D eigenvalue weighted by Gasteiger charge is 2.49. The fourth-order valence-corrected chi connectivity index (χ4v) is 3.88. The number of aliphatic hydroxyl groups is 2. The predicted molar refractivity (Wildman–Crippen MR) is 97.0 cm³/mol. The molecule has 4 heterocycles. The number of hydrogen-bond acceptors (Lipinski definition) is 10. The molecule has 5 atom stereocenters. The number of carbonyl (C=O) groups excluding carboxylic acids is 2. The van der Waals surface area contributed by atoms with Crippen molar-refractivity contribution in [2.45, 2.75) is 50.3 Å². The Labute approximate surface area is 165 Å². The highest BCUT2D eigenvalue weighted by molar-refractivity contribution is 5.84. The lowest BCUT2D eigenvalue weighted by molar-refractivity contribution is -0.165. The van der Waals surface area contributed by atoms with Gasteiger partial charge in [-0.15, -0.1) is 0 Å². The molecule has 1 amide bonds. The Kier molecular flexibility index (Phi) is 5.06. The van der Waals surface area contributed by atoms with E-state index < -0.39 is 43.2 Å². The normalized spacial score (nSPS) is 29.5. The van der Waals surface area contributed by atoms with E-state index in [1.807, 2.05) is 0 Å². The number of fused-ring (bicyclic) bond motifs is 1. The number of likely N-dealkylation sites (tertiary alicyclic amines) is 1. The van der Waals surface area contributed by atoms with Gasteiger partial charge in [-0.1, -0.05) is 0 Å². The maximum Gasteiger partial charge on any atom is 0.329 e. The van der Waals surface area contributed by atoms with E-state index in [-0.39, 0.29) is 11.7 Å². The first kappa shape index (κ1) is 19.5. The molecule has 0 bridgehead atoms. The SMILES string of the molecule is CC(=O)N1CCCC1C(=O)O[C@@H]1[C@H](O)[C@@H](CO)O[C@H]1n1cnc2c(N)ncnc21. The first-order valence-corrected chi connectivity index (χ1v) is 9.27. The number of rotatable bonds is 4. The fraction of sp³-hybridized carbons (Fsp3) is 0.588. The van der Waals surface area contributed by atoms with Crippen LogP contribution in [0.5, 0.6) is 0 Å². The first-order valence-electron chi connectivity index (χ1n) is 9.27. The van der Waals surface area contributed by atoms with Crippen molar-refractivity contribution in [3.8, 4) is 0 Å². The molecule has 1 unspecified atom stereocenters. The molecule has 0 aromatic carbocycles. The van der Waals surface area contributed by atoms with Gasteiger partial charge in [0.1, 0.15) is 30.1 Å². The minimum absolute atomic E-state index is 0.169. The molecule has 29 heavy (non-hydrogen) atoms. The van der Waals surface area contributed by atoms with Crippen LogP contribution >= 0.6 is 0 Å². The van der Waals surface area contributed by atoms with Crippen LogP contribution in [0.15, 0.2) is 12.7 Å². The van der Waals surface area contributed by atoms with Crippen molar-refractivity contribution < 1.29 is 29.3 Å². The molecule has 156 valence electrons. The van der Waals surface area contributed by atoms with Gasteiger partial charge in [0.25, 0.3) is 0 Å². The second-order valence-electron chi connectivity index (χ2n) is 7.09. The van der Waals surface area contributed by atoms with Crippen molar-refractivity contribution in [1.82, 2.24) is 24.4 Å². The predicted octanol–water partition coefficient (Wildman–Crippen LogP) is -1.42. The summed E-state index contributed by atoms with van der Waals surface area (Å²) in [5.74, 6) is -0.680. The number of nitrogen functional groups attached to an aromatic ring is 1. The van der Waals surface area contributed by atoms with E-state index in [0.29, 0.717) is 30.6 Å². The third-order valence-electron chi connectivity index (χ3n) is 5.34. The van der Waals surface area contributed by atoms with Crippen LogP contribution in [-0.4, -0.2) is 84.0 Å². The van der Waals surface area contributed by atoms with Gasteiger partial charge in [-0.05, 0) is 12.8 Å². The standard InChI is InChI=1S/C17H22N6O6/c1-8(25)22-4-2-3-9(22)17(27)29-13-12(26)10(5-24)28-16(13)23-7-21-11-14(18)19-6-20-15(11)23/h6-7,9-10,12-13,16,24,26H,2-5H2,1H3,(H2,18,19,20)/t9?,10-,12-,13-,16-/m1/s1. The van der Waals surface area contributed by atoms with Gasteiger partial charge in [0, 0.05) is 13.5 Å². The number of nitrogens with zero attached hydrogens (tertiary/aromatic N) is 5. The van der Waals surface area contributed by atoms with Crippen LogP contribution in [0.1, 0.15) is 26.0 Å². The number of aromatic nitrogens is 4. The molecule has 0 saturated carbocycles. The Morgan fingerprint density at radius 3 is 2.90 bits per heavy atom. The summed E-state index contributed by atoms with van der Waals surface area (Å²) < 4.78 is 12.8. The zero-order chi connectivity index (χ0) is 20.7. The number of amides is 1. The minimum atomic E-state index is -1.28. The molecule has 0 spiro atoms. The summed E-state index contributed by atoms with van der Waals surface area (Å²) >= 11 is 0. The Morgan fingerprint density at radius 1 is 1.38 bits per heavy atom. The van der Waals surface area contributed by atoms with Gasteiger partial charge >= 0.3 is 5.97 Å². The summed E-state index contributed by atoms with van der Waals surface area (Å²) in [7, 11) is 0. The summed E-state index contributed by atoms with van der Waals surface area (Å²) in [6.07, 6.45) is -0.553. The van der Waals surface area contributed by atoms with E-state index in [9.17, 15) is 19.8 Å². The molecule has 0 aliphatic carbocycles. The highest BCUT2D eigenvalue weighted by atomic mass is 16.6. The molecular formula is C17H22N6O6. The maximum atomic E-state index is 12.8. The van der Waals surface area contributed by atoms with Crippen LogP contribution in [0.3, 0.4) is 0 Å². The van der Waals surface area contributed by atoms with Gasteiger partial charge in [-0.2, -0.15) is 0 Å². The second kappa shape index (κ2) is 7.54. The number of carbonyl (C=O) groups is 2. The molecule has 2 saturated heterocycles. The molecule has 2 fully saturated rings. The van der Waals surface area contributed by atoms with Crippen LogP contribution < -0.4 is 5.73 Å². The first-order chi connectivity index (χ1) is 13.9. The molecule has 12 heteroatoms. The highest BCUT2D eigenvalue weighted by Crippen LogP contribution is 2.34. The number of ether oxygens (including phenoxy) is 2. The quantitative estimate of drug-likeness (QED) is 0.513. The number of anilines is 1. The lowest BCUT2D eigenvalue weighted by Crippen LogP contribution is -2.44. The van der Waals surface area contributed by atoms with Crippen molar-refractivity contribution >= 4 is 28.9 Å². The molecule has 4 rings (SSSR count). The van der Waals surface area contributed by atoms with E-state index in [0.717, 1.165) is 0 Å². The average Bonchev–Trinajstić information content (AvgIpc) is 3.40. The summed E-state index contributed by atoms with van der Waals surface area (Å²) in [4.78, 5) is 38.2. The second-order valence-corrected chi connectivity index (χ2v) is 7.09. The van der Waals surface area contributed by atoms with Gasteiger partial charge in [-0.25, -0.2) is 19.7 Å². The summed E-state index contributed by atoms with van der Waals surface area (Å²) in [5, 5.41) is 20.1. The topological polar surface area (TPSA) is 166 Å². The lowest BCUT2D eigenvalue weighted by Gasteiger charge is -2.26. The number of imidazole rings is 1. The van der Waals surface area contributed by atoms with E-state index >= 15 is 0 Å². The van der Waals surface area contributed by atoms with Gasteiger partial charge in [-0.3, -0.25) is 9.36 Å². The van der Waals surface area contributed by atoms with Crippen molar-refractivity contribution in [3.05, 3.63) is 12.7 Å². The van der Waals surface area contributed by atoms with E-state index in [1.165, 1.54) is 29.0 Å². The van der Waals surface area contributed by atoms with Crippen LogP contribution in [0.4, 0.5) is 5.82 Å². The number of hydrogen-bond donors (Lipinski definition) is 3. The van der Waals surface area contributed by atoms with Crippen molar-refractivity contribution in [3.63, 3.8) is 0 Å². The molecule has 0 radical (unpaired) electrons. The lowest BCUT2D eigenvalue weighted by atomic mass is 10.1. The van der Waals surface area contributed by atoms with E-state index in [1.54, 1.807) is 0 Å². The zero-order valence-corrected chi connectivity index (χ0v) is 15.7. The summed E-state index contributed by atoms with van der Waals surface area (Å²) in [6, 6.07) is -0.717. The smallest absolute Gasteiger partial charge is 0.329 e. The monoisotopic (exact) mass is 406 g/mol. The number of aliphatic hydroxyl groups excluding tert-OH is 2. The van der Waals surface area contributed by atoms with Crippen molar-refractivity contribution in [2.75, 3.05) is 18.9 Å². The Bertz CT molecular complexity index is 934. The molecule has 12 nitrogen and oxygen atoms in total. The van der Waals surface area contributed by atoms with Gasteiger partial charge in [0.05, 0.1) is 12.9 Å². The Balaban J connectivity index is 1.63. The minimum Gasteiger partial charge on any atom is -0.453 e. The van der Waals surface area contributed by atoms with Crippen LogP contribution in [0.25, 0.3) is 11.2 Å². The molecule has 2 aliphatic rings. The van der Waals surface area contributed by atoms with Crippen LogP contribution in [0.2, 0.25) is 0 Å². The Morgan fingerprint density at radius 2 is 2.17 bits per heavy atom. The number of esters is 1. The number of nitrogens with two attached hydrogens (primary N) is 1. The Hall–Kier alpha value is -2.83. The van der Waals surface area contributed by atoms with Gasteiger partial charge in [0.2, 0.25) is 5.91 Å².